The average molecular weight is 412 g/mol. The molecule has 7 nitrogen and oxygen atoms in total. The van der Waals surface area contributed by atoms with Crippen molar-refractivity contribution in [2.24, 2.45) is 0 Å². The maximum absolute atomic E-state index is 12.6. The Balaban J connectivity index is 1.52. The molecule has 1 aliphatic heterocycles. The number of nitrogens with zero attached hydrogens (tertiary/aromatic N) is 3. The van der Waals surface area contributed by atoms with E-state index >= 15 is 0 Å². The largest absolute Gasteiger partial charge is 0.391 e. The second-order valence-corrected chi connectivity index (χ2v) is 8.85. The number of rotatable bonds is 5. The maximum Gasteiger partial charge on any atom is 0.269 e. The smallest absolute Gasteiger partial charge is 0.269 e. The molecule has 2 heterocycles. The summed E-state index contributed by atoms with van der Waals surface area (Å²) in [4.78, 5) is 17.4. The number of nitrogens with one attached hydrogen (secondary N) is 2. The van der Waals surface area contributed by atoms with Gasteiger partial charge in [0, 0.05) is 50.4 Å². The molecule has 2 aliphatic rings. The minimum Gasteiger partial charge on any atom is -0.391 e. The fraction of sp³-hybridized carbons (Fsp3) is 0.565. The number of piperazine rings is 1. The monoisotopic (exact) mass is 411 g/mol. The van der Waals surface area contributed by atoms with Crippen LogP contribution in [0.5, 0.6) is 0 Å². The molecule has 7 heteroatoms. The first-order chi connectivity index (χ1) is 14.6. The third-order valence-electron chi connectivity index (χ3n) is 7.01. The molecule has 162 valence electrons. The highest BCUT2D eigenvalue weighted by Crippen LogP contribution is 2.39. The topological polar surface area (TPSA) is 84.5 Å². The summed E-state index contributed by atoms with van der Waals surface area (Å²) >= 11 is 0. The third-order valence-corrected chi connectivity index (χ3v) is 7.01. The normalized spacial score (nSPS) is 28.7. The summed E-state index contributed by atoms with van der Waals surface area (Å²) in [6.07, 6.45) is 4.72. The fourth-order valence-electron chi connectivity index (χ4n) is 5.02. The standard InChI is InChI=1S/C23H33N5O2/c1-27-13-15-28(16-14-27)20-7-10-23(11-8-21(20)29,18-5-3-2-4-6-18)17-24-22(30)19-9-12-25-26-19/h2-6,9,12,20-21,29H,7-8,10-11,13-17H2,1H3,(H,24,30)(H,25,26)/t20-,21-,23-/m0/s1. The molecule has 1 aromatic carbocycles. The number of carbonyl (C=O) groups is 1. The van der Waals surface area contributed by atoms with E-state index in [1.165, 1.54) is 5.56 Å². The summed E-state index contributed by atoms with van der Waals surface area (Å²) in [5, 5.41) is 20.8. The van der Waals surface area contributed by atoms with Crippen molar-refractivity contribution in [1.82, 2.24) is 25.3 Å². The van der Waals surface area contributed by atoms with E-state index in [1.54, 1.807) is 12.3 Å². The molecule has 1 amide bonds. The van der Waals surface area contributed by atoms with Crippen molar-refractivity contribution in [2.75, 3.05) is 39.8 Å². The van der Waals surface area contributed by atoms with Gasteiger partial charge in [0.05, 0.1) is 6.10 Å². The van der Waals surface area contributed by atoms with Crippen LogP contribution in [0.15, 0.2) is 42.6 Å². The fourth-order valence-corrected chi connectivity index (χ4v) is 5.02. The number of hydrogen-bond donors (Lipinski definition) is 3. The molecular weight excluding hydrogens is 378 g/mol. The van der Waals surface area contributed by atoms with Gasteiger partial charge in [0.1, 0.15) is 5.69 Å². The highest BCUT2D eigenvalue weighted by Gasteiger charge is 2.40. The first kappa shape index (κ1) is 21.0. The minimum atomic E-state index is -0.331. The lowest BCUT2D eigenvalue weighted by Crippen LogP contribution is -2.52. The summed E-state index contributed by atoms with van der Waals surface area (Å²) < 4.78 is 0. The number of aromatic amines is 1. The molecule has 0 radical (unpaired) electrons. The van der Waals surface area contributed by atoms with Crippen molar-refractivity contribution in [2.45, 2.75) is 43.2 Å². The first-order valence-electron chi connectivity index (χ1n) is 11.0. The lowest BCUT2D eigenvalue weighted by Gasteiger charge is -2.39. The van der Waals surface area contributed by atoms with E-state index < -0.39 is 0 Å². The van der Waals surface area contributed by atoms with Crippen LogP contribution in [0.25, 0.3) is 0 Å². The Morgan fingerprint density at radius 2 is 1.90 bits per heavy atom. The van der Waals surface area contributed by atoms with Crippen molar-refractivity contribution in [3.8, 4) is 0 Å². The van der Waals surface area contributed by atoms with Crippen molar-refractivity contribution in [3.63, 3.8) is 0 Å². The van der Waals surface area contributed by atoms with E-state index in [1.807, 2.05) is 6.07 Å². The van der Waals surface area contributed by atoms with Gasteiger partial charge in [-0.05, 0) is 44.4 Å². The molecule has 2 aromatic rings. The van der Waals surface area contributed by atoms with E-state index in [2.05, 4.69) is 56.6 Å². The molecule has 4 rings (SSSR count). The Bertz CT molecular complexity index is 804. The summed E-state index contributed by atoms with van der Waals surface area (Å²) in [6.45, 7) is 4.66. The highest BCUT2D eigenvalue weighted by atomic mass is 16.3. The second kappa shape index (κ2) is 9.29. The van der Waals surface area contributed by atoms with Gasteiger partial charge >= 0.3 is 0 Å². The zero-order chi connectivity index (χ0) is 21.0. The first-order valence-corrected chi connectivity index (χ1v) is 11.0. The average Bonchev–Trinajstić information content (AvgIpc) is 3.26. The number of carbonyl (C=O) groups excluding carboxylic acids is 1. The molecule has 0 unspecified atom stereocenters. The van der Waals surface area contributed by atoms with Gasteiger partial charge in [0.15, 0.2) is 0 Å². The van der Waals surface area contributed by atoms with Crippen molar-refractivity contribution in [3.05, 3.63) is 53.9 Å². The molecule has 1 saturated carbocycles. The van der Waals surface area contributed by atoms with Gasteiger partial charge in [-0.1, -0.05) is 30.3 Å². The number of aromatic nitrogens is 2. The van der Waals surface area contributed by atoms with Crippen LogP contribution in [0.4, 0.5) is 0 Å². The van der Waals surface area contributed by atoms with Gasteiger partial charge in [-0.15, -0.1) is 0 Å². The van der Waals surface area contributed by atoms with Gasteiger partial charge in [-0.3, -0.25) is 14.8 Å². The van der Waals surface area contributed by atoms with Crippen LogP contribution in [0.3, 0.4) is 0 Å². The van der Waals surface area contributed by atoms with Crippen molar-refractivity contribution in [1.29, 1.82) is 0 Å². The van der Waals surface area contributed by atoms with Gasteiger partial charge in [-0.25, -0.2) is 0 Å². The number of aliphatic hydroxyl groups is 1. The Morgan fingerprint density at radius 1 is 1.17 bits per heavy atom. The van der Waals surface area contributed by atoms with Gasteiger partial charge < -0.3 is 15.3 Å². The molecule has 30 heavy (non-hydrogen) atoms. The third kappa shape index (κ3) is 4.58. The quantitative estimate of drug-likeness (QED) is 0.652. The summed E-state index contributed by atoms with van der Waals surface area (Å²) in [6, 6.07) is 12.3. The Kier molecular flexibility index (Phi) is 6.51. The number of H-pyrrole nitrogens is 1. The SMILES string of the molecule is CN1CCN([C@H]2CC[C@](CNC(=O)c3ccn[nH]3)(c3ccccc3)CC[C@@H]2O)CC1. The molecule has 1 aliphatic carbocycles. The molecule has 1 saturated heterocycles. The zero-order valence-electron chi connectivity index (χ0n) is 17.8. The molecule has 1 aromatic heterocycles. The van der Waals surface area contributed by atoms with Crippen LogP contribution in [0.1, 0.15) is 41.7 Å². The summed E-state index contributed by atoms with van der Waals surface area (Å²) in [7, 11) is 2.16. The second-order valence-electron chi connectivity index (χ2n) is 8.85. The van der Waals surface area contributed by atoms with Gasteiger partial charge in [0.25, 0.3) is 5.91 Å². The number of aliphatic hydroxyl groups excluding tert-OH is 1. The molecule has 3 N–H and O–H groups in total. The van der Waals surface area contributed by atoms with Crippen molar-refractivity contribution >= 4 is 5.91 Å². The summed E-state index contributed by atoms with van der Waals surface area (Å²) in [5.74, 6) is -0.136. The lowest BCUT2D eigenvalue weighted by molar-refractivity contribution is 0.0200. The molecule has 3 atom stereocenters. The van der Waals surface area contributed by atoms with Crippen LogP contribution in [0, 0.1) is 0 Å². The Hall–Kier alpha value is -2.22. The minimum absolute atomic E-state index is 0.136. The zero-order valence-corrected chi connectivity index (χ0v) is 17.8. The molecule has 2 fully saturated rings. The predicted octanol–water partition coefficient (Wildman–Crippen LogP) is 1.63. The van der Waals surface area contributed by atoms with Crippen LogP contribution in [0.2, 0.25) is 0 Å². The van der Waals surface area contributed by atoms with Gasteiger partial charge in [0.2, 0.25) is 0 Å². The molecular formula is C23H33N5O2. The Morgan fingerprint density at radius 3 is 2.60 bits per heavy atom. The Labute approximate surface area is 178 Å². The summed E-state index contributed by atoms with van der Waals surface area (Å²) in [5.41, 5.74) is 1.53. The predicted molar refractivity (Wildman–Crippen MR) is 116 cm³/mol. The molecule has 0 spiro atoms. The number of hydrogen-bond acceptors (Lipinski definition) is 5. The van der Waals surface area contributed by atoms with E-state index in [0.29, 0.717) is 12.2 Å². The van der Waals surface area contributed by atoms with Crippen LogP contribution >= 0.6 is 0 Å². The van der Waals surface area contributed by atoms with Gasteiger partial charge in [-0.2, -0.15) is 5.10 Å². The van der Waals surface area contributed by atoms with E-state index in [9.17, 15) is 9.90 Å². The van der Waals surface area contributed by atoms with Crippen LogP contribution in [-0.2, 0) is 5.41 Å². The van der Waals surface area contributed by atoms with E-state index in [0.717, 1.165) is 51.9 Å². The maximum atomic E-state index is 12.6. The number of amides is 1. The highest BCUT2D eigenvalue weighted by molar-refractivity contribution is 5.92. The number of benzene rings is 1. The van der Waals surface area contributed by atoms with E-state index in [-0.39, 0.29) is 23.5 Å². The molecule has 0 bridgehead atoms. The lowest BCUT2D eigenvalue weighted by atomic mass is 9.74. The number of likely N-dealkylation sites (N-methyl/N-ethyl adjacent to an activating group) is 1. The van der Waals surface area contributed by atoms with E-state index in [4.69, 9.17) is 0 Å². The van der Waals surface area contributed by atoms with Crippen LogP contribution < -0.4 is 5.32 Å². The van der Waals surface area contributed by atoms with Crippen LogP contribution in [-0.4, -0.2) is 82.9 Å². The van der Waals surface area contributed by atoms with Crippen molar-refractivity contribution < 1.29 is 9.90 Å².